The fraction of sp³-hybridized carbons (Fsp3) is 0.500. The quantitative estimate of drug-likeness (QED) is 0.245. The van der Waals surface area contributed by atoms with Gasteiger partial charge in [-0.05, 0) is 58.2 Å². The largest absolute Gasteiger partial charge is 0.493 e. The maximum absolute atomic E-state index is 7.33. The molecular formula is C32H47N9O3. The van der Waals surface area contributed by atoms with Crippen molar-refractivity contribution in [2.75, 3.05) is 78.9 Å². The van der Waals surface area contributed by atoms with Crippen molar-refractivity contribution in [2.45, 2.75) is 31.6 Å². The number of H-pyrrole nitrogens is 1. The number of hydrogen-bond acceptors (Lipinski definition) is 11. The SMILES string of the molecule is COc1cc2c(cc1OC)C(N)(C1CCN(Cc3c(OCCN(C)C)cccc3N(C)C)CC1)N=C(NCc1ncc[nH]1)N2. The van der Waals surface area contributed by atoms with Crippen LogP contribution >= 0.6 is 0 Å². The first-order chi connectivity index (χ1) is 21.2. The van der Waals surface area contributed by atoms with Crippen LogP contribution in [0.1, 0.15) is 29.8 Å². The molecule has 0 saturated carbocycles. The van der Waals surface area contributed by atoms with Gasteiger partial charge < -0.3 is 45.4 Å². The van der Waals surface area contributed by atoms with E-state index in [1.165, 1.54) is 11.3 Å². The first kappa shape index (κ1) is 31.4. The lowest BCUT2D eigenvalue weighted by molar-refractivity contribution is 0.124. The van der Waals surface area contributed by atoms with Gasteiger partial charge >= 0.3 is 0 Å². The smallest absolute Gasteiger partial charge is 0.198 e. The van der Waals surface area contributed by atoms with E-state index in [-0.39, 0.29) is 5.92 Å². The third-order valence-corrected chi connectivity index (χ3v) is 8.46. The predicted octanol–water partition coefficient (Wildman–Crippen LogP) is 3.03. The molecule has 1 atom stereocenters. The Bertz CT molecular complexity index is 1420. The molecule has 44 heavy (non-hydrogen) atoms. The topological polar surface area (TPSA) is 129 Å². The van der Waals surface area contributed by atoms with Crippen LogP contribution in [0.4, 0.5) is 11.4 Å². The Kier molecular flexibility index (Phi) is 9.82. The van der Waals surface area contributed by atoms with Crippen LogP contribution < -0.4 is 35.5 Å². The van der Waals surface area contributed by atoms with Crippen LogP contribution in [0.5, 0.6) is 17.2 Å². The number of anilines is 2. The summed E-state index contributed by atoms with van der Waals surface area (Å²) in [6.45, 7) is 4.58. The van der Waals surface area contributed by atoms with Gasteiger partial charge in [0, 0.05) is 68.4 Å². The lowest BCUT2D eigenvalue weighted by Crippen LogP contribution is -2.52. The van der Waals surface area contributed by atoms with Crippen LogP contribution in [0.2, 0.25) is 0 Å². The number of rotatable bonds is 12. The molecule has 1 unspecified atom stereocenters. The van der Waals surface area contributed by atoms with E-state index < -0.39 is 5.66 Å². The Labute approximate surface area is 260 Å². The Morgan fingerprint density at radius 1 is 1.07 bits per heavy atom. The van der Waals surface area contributed by atoms with Crippen LogP contribution in [0.15, 0.2) is 47.7 Å². The summed E-state index contributed by atoms with van der Waals surface area (Å²) in [4.78, 5) is 19.3. The van der Waals surface area contributed by atoms with Crippen molar-refractivity contribution in [1.29, 1.82) is 0 Å². The zero-order chi connectivity index (χ0) is 31.3. The zero-order valence-corrected chi connectivity index (χ0v) is 26.8. The molecule has 3 heterocycles. The highest BCUT2D eigenvalue weighted by atomic mass is 16.5. The maximum Gasteiger partial charge on any atom is 0.198 e. The number of methoxy groups -OCH3 is 2. The van der Waals surface area contributed by atoms with Gasteiger partial charge in [-0.25, -0.2) is 9.98 Å². The van der Waals surface area contributed by atoms with E-state index in [2.05, 4.69) is 81.7 Å². The van der Waals surface area contributed by atoms with Crippen molar-refractivity contribution in [3.05, 3.63) is 59.7 Å². The minimum atomic E-state index is -0.959. The Hall–Kier alpha value is -4.00. The molecule has 5 N–H and O–H groups in total. The molecule has 1 aromatic heterocycles. The number of aromatic nitrogens is 2. The second kappa shape index (κ2) is 13.7. The number of guanidine groups is 1. The summed E-state index contributed by atoms with van der Waals surface area (Å²) in [5, 5.41) is 6.79. The third kappa shape index (κ3) is 6.87. The molecular weight excluding hydrogens is 558 g/mol. The molecule has 0 aliphatic carbocycles. The average Bonchev–Trinajstić information content (AvgIpc) is 3.54. The van der Waals surface area contributed by atoms with Gasteiger partial charge in [0.15, 0.2) is 17.5 Å². The summed E-state index contributed by atoms with van der Waals surface area (Å²) in [5.74, 6) is 3.73. The highest BCUT2D eigenvalue weighted by Crippen LogP contribution is 2.45. The summed E-state index contributed by atoms with van der Waals surface area (Å²) >= 11 is 0. The number of imidazole rings is 1. The molecule has 0 radical (unpaired) electrons. The van der Waals surface area contributed by atoms with Gasteiger partial charge in [0.05, 0.1) is 26.5 Å². The van der Waals surface area contributed by atoms with Gasteiger partial charge in [0.2, 0.25) is 0 Å². The summed E-state index contributed by atoms with van der Waals surface area (Å²) in [6, 6.07) is 10.2. The van der Waals surface area contributed by atoms with Gasteiger partial charge in [-0.15, -0.1) is 0 Å². The minimum Gasteiger partial charge on any atom is -0.493 e. The third-order valence-electron chi connectivity index (χ3n) is 8.46. The second-order valence-electron chi connectivity index (χ2n) is 11.9. The molecule has 1 fully saturated rings. The number of ether oxygens (including phenoxy) is 3. The highest BCUT2D eigenvalue weighted by molar-refractivity contribution is 5.97. The van der Waals surface area contributed by atoms with Gasteiger partial charge in [0.1, 0.15) is 23.8 Å². The fourth-order valence-electron chi connectivity index (χ4n) is 6.03. The number of aromatic amines is 1. The number of likely N-dealkylation sites (N-methyl/N-ethyl adjacent to an activating group) is 1. The number of hydrogen-bond donors (Lipinski definition) is 4. The van der Waals surface area contributed by atoms with Crippen LogP contribution in [0, 0.1) is 5.92 Å². The molecule has 3 aromatic rings. The second-order valence-corrected chi connectivity index (χ2v) is 11.9. The van der Waals surface area contributed by atoms with Crippen molar-refractivity contribution < 1.29 is 14.2 Å². The Balaban J connectivity index is 1.36. The van der Waals surface area contributed by atoms with E-state index in [0.29, 0.717) is 30.6 Å². The first-order valence-corrected chi connectivity index (χ1v) is 15.1. The molecule has 2 aromatic carbocycles. The number of likely N-dealkylation sites (tertiary alicyclic amines) is 1. The van der Waals surface area contributed by atoms with Crippen molar-refractivity contribution in [3.63, 3.8) is 0 Å². The number of benzene rings is 2. The Morgan fingerprint density at radius 3 is 2.48 bits per heavy atom. The van der Waals surface area contributed by atoms with E-state index in [9.17, 15) is 0 Å². The highest BCUT2D eigenvalue weighted by Gasteiger charge is 2.43. The number of fused-ring (bicyclic) bond motifs is 1. The molecule has 0 spiro atoms. The molecule has 2 aliphatic rings. The average molecular weight is 606 g/mol. The molecule has 0 bridgehead atoms. The van der Waals surface area contributed by atoms with Crippen molar-refractivity contribution >= 4 is 17.3 Å². The Morgan fingerprint density at radius 2 is 1.82 bits per heavy atom. The molecule has 1 saturated heterocycles. The predicted molar refractivity (Wildman–Crippen MR) is 175 cm³/mol. The van der Waals surface area contributed by atoms with E-state index >= 15 is 0 Å². The molecule has 2 aliphatic heterocycles. The molecule has 12 heteroatoms. The first-order valence-electron chi connectivity index (χ1n) is 15.1. The van der Waals surface area contributed by atoms with Crippen LogP contribution in [0.25, 0.3) is 0 Å². The standard InChI is InChI=1S/C32H47N9O3/c1-39(2)16-17-44-27-9-7-8-26(40(3)4)23(27)21-41-14-10-22(11-15-41)32(33)24-18-28(42-5)29(43-6)19-25(24)37-31(38-32)36-20-30-34-12-13-35-30/h7-9,12-13,18-19,22H,10-11,14-17,20-21,33H2,1-6H3,(H,34,35)(H2,36,37,38). The van der Waals surface area contributed by atoms with Crippen molar-refractivity contribution in [3.8, 4) is 17.2 Å². The number of nitrogens with one attached hydrogen (secondary N) is 3. The summed E-state index contributed by atoms with van der Waals surface area (Å²) in [5.41, 5.74) is 10.5. The van der Waals surface area contributed by atoms with Crippen molar-refractivity contribution in [1.82, 2.24) is 25.1 Å². The van der Waals surface area contributed by atoms with Crippen LogP contribution in [-0.4, -0.2) is 94.4 Å². The van der Waals surface area contributed by atoms with Gasteiger partial charge in [-0.1, -0.05) is 6.07 Å². The maximum atomic E-state index is 7.33. The van der Waals surface area contributed by atoms with Gasteiger partial charge in [0.25, 0.3) is 0 Å². The van der Waals surface area contributed by atoms with Gasteiger partial charge in [-0.2, -0.15) is 0 Å². The monoisotopic (exact) mass is 605 g/mol. The van der Waals surface area contributed by atoms with E-state index in [0.717, 1.165) is 61.8 Å². The summed E-state index contributed by atoms with van der Waals surface area (Å²) in [7, 11) is 11.6. The number of nitrogens with two attached hydrogens (primary N) is 1. The molecule has 12 nitrogen and oxygen atoms in total. The minimum absolute atomic E-state index is 0.109. The zero-order valence-electron chi connectivity index (χ0n) is 26.8. The van der Waals surface area contributed by atoms with E-state index in [4.69, 9.17) is 24.9 Å². The van der Waals surface area contributed by atoms with Crippen molar-refractivity contribution in [2.24, 2.45) is 16.6 Å². The van der Waals surface area contributed by atoms with Crippen LogP contribution in [0.3, 0.4) is 0 Å². The molecule has 0 amide bonds. The van der Waals surface area contributed by atoms with Crippen LogP contribution in [-0.2, 0) is 18.8 Å². The lowest BCUT2D eigenvalue weighted by atomic mass is 9.79. The molecule has 5 rings (SSSR count). The van der Waals surface area contributed by atoms with E-state index in [1.54, 1.807) is 26.6 Å². The lowest BCUT2D eigenvalue weighted by Gasteiger charge is -2.43. The van der Waals surface area contributed by atoms with E-state index in [1.807, 2.05) is 12.1 Å². The summed E-state index contributed by atoms with van der Waals surface area (Å²) in [6.07, 6.45) is 5.31. The number of piperidine rings is 1. The molecule has 238 valence electrons. The summed E-state index contributed by atoms with van der Waals surface area (Å²) < 4.78 is 17.5. The fourth-order valence-corrected chi connectivity index (χ4v) is 6.03. The number of nitrogens with zero attached hydrogens (tertiary/aromatic N) is 5. The normalized spacial score (nSPS) is 18.8. The number of aliphatic imine (C=N–C) groups is 1. The van der Waals surface area contributed by atoms with Gasteiger partial charge in [-0.3, -0.25) is 4.90 Å².